The number of allylic oxidation sites excluding steroid dienone is 7. The molecule has 1 aromatic heterocycles. The lowest BCUT2D eigenvalue weighted by atomic mass is 10.0. The van der Waals surface area contributed by atoms with Crippen molar-refractivity contribution in [1.82, 2.24) is 15.6 Å². The number of pyridine rings is 1. The Labute approximate surface area is 196 Å². The van der Waals surface area contributed by atoms with Gasteiger partial charge in [0.2, 0.25) is 0 Å². The molecule has 0 atom stereocenters. The monoisotopic (exact) mass is 437 g/mol. The number of amides is 2. The van der Waals surface area contributed by atoms with Gasteiger partial charge in [0.15, 0.2) is 0 Å². The van der Waals surface area contributed by atoms with Crippen molar-refractivity contribution < 1.29 is 4.79 Å². The van der Waals surface area contributed by atoms with Crippen LogP contribution in [0.5, 0.6) is 0 Å². The first-order valence-corrected chi connectivity index (χ1v) is 11.9. The maximum Gasteiger partial charge on any atom is 0.315 e. The second-order valence-corrected chi connectivity index (χ2v) is 8.80. The van der Waals surface area contributed by atoms with Crippen LogP contribution in [0.2, 0.25) is 0 Å². The van der Waals surface area contributed by atoms with Gasteiger partial charge < -0.3 is 10.6 Å². The number of hydrogen-bond donors (Lipinski definition) is 2. The number of nitrogens with zero attached hydrogens (tertiary/aromatic N) is 1. The molecule has 0 unspecified atom stereocenters. The Bertz CT molecular complexity index is 784. The van der Waals surface area contributed by atoms with Crippen molar-refractivity contribution in [3.63, 3.8) is 0 Å². The summed E-state index contributed by atoms with van der Waals surface area (Å²) >= 11 is 0. The minimum atomic E-state index is -0.127. The Morgan fingerprint density at radius 1 is 0.844 bits per heavy atom. The van der Waals surface area contributed by atoms with E-state index in [1.165, 1.54) is 22.3 Å². The fourth-order valence-electron chi connectivity index (χ4n) is 3.23. The van der Waals surface area contributed by atoms with E-state index in [0.717, 1.165) is 50.5 Å². The van der Waals surface area contributed by atoms with Gasteiger partial charge in [-0.1, -0.05) is 52.7 Å². The van der Waals surface area contributed by atoms with Crippen LogP contribution in [-0.2, 0) is 6.42 Å². The highest BCUT2D eigenvalue weighted by Gasteiger charge is 1.99. The normalized spacial score (nSPS) is 12.5. The van der Waals surface area contributed by atoms with Gasteiger partial charge in [-0.3, -0.25) is 4.98 Å². The van der Waals surface area contributed by atoms with Crippen molar-refractivity contribution in [2.75, 3.05) is 13.1 Å². The quantitative estimate of drug-likeness (QED) is 0.306. The highest BCUT2D eigenvalue weighted by atomic mass is 16.2. The van der Waals surface area contributed by atoms with Crippen LogP contribution >= 0.6 is 0 Å². The van der Waals surface area contributed by atoms with Crippen molar-refractivity contribution in [1.29, 1.82) is 0 Å². The summed E-state index contributed by atoms with van der Waals surface area (Å²) in [5.74, 6) is 0. The predicted molar refractivity (Wildman–Crippen MR) is 138 cm³/mol. The van der Waals surface area contributed by atoms with Crippen LogP contribution in [-0.4, -0.2) is 24.1 Å². The molecule has 4 heteroatoms. The first-order chi connectivity index (χ1) is 15.4. The summed E-state index contributed by atoms with van der Waals surface area (Å²) in [7, 11) is 0. The molecule has 2 N–H and O–H groups in total. The van der Waals surface area contributed by atoms with Gasteiger partial charge in [-0.25, -0.2) is 4.79 Å². The molecule has 0 radical (unpaired) electrons. The third kappa shape index (κ3) is 15.2. The van der Waals surface area contributed by atoms with Gasteiger partial charge in [0, 0.05) is 25.5 Å². The van der Waals surface area contributed by atoms with E-state index < -0.39 is 0 Å². The highest BCUT2D eigenvalue weighted by molar-refractivity contribution is 5.73. The molecular formula is C28H43N3O. The number of carbonyl (C=O) groups excluding carboxylic acids is 1. The van der Waals surface area contributed by atoms with E-state index in [0.29, 0.717) is 13.1 Å². The summed E-state index contributed by atoms with van der Waals surface area (Å²) < 4.78 is 0. The molecule has 0 bridgehead atoms. The zero-order valence-electron chi connectivity index (χ0n) is 20.8. The molecule has 0 aliphatic rings. The average molecular weight is 438 g/mol. The standard InChI is InChI=1S/C28H43N3O/c1-23(2)10-6-11-24(3)12-7-13-25(4)14-8-15-26(5)17-20-30-28(32)31-21-18-27-16-9-19-29-22-27/h9-10,12,14,16-17,19,22H,6-8,11,13,15,18,20-21H2,1-5H3,(H2,30,31,32). The van der Waals surface area contributed by atoms with Crippen LogP contribution < -0.4 is 10.6 Å². The number of urea groups is 1. The fourth-order valence-corrected chi connectivity index (χ4v) is 3.23. The van der Waals surface area contributed by atoms with Gasteiger partial charge >= 0.3 is 6.03 Å². The van der Waals surface area contributed by atoms with E-state index in [2.05, 4.69) is 74.5 Å². The van der Waals surface area contributed by atoms with Gasteiger partial charge in [-0.2, -0.15) is 0 Å². The minimum Gasteiger partial charge on any atom is -0.338 e. The topological polar surface area (TPSA) is 54.0 Å². The van der Waals surface area contributed by atoms with E-state index in [4.69, 9.17) is 0 Å². The predicted octanol–water partition coefficient (Wildman–Crippen LogP) is 7.07. The van der Waals surface area contributed by atoms with E-state index in [9.17, 15) is 4.79 Å². The Balaban J connectivity index is 2.15. The summed E-state index contributed by atoms with van der Waals surface area (Å²) in [5.41, 5.74) is 6.77. The van der Waals surface area contributed by atoms with Gasteiger partial charge in [0.25, 0.3) is 0 Å². The summed E-state index contributed by atoms with van der Waals surface area (Å²) in [5, 5.41) is 5.77. The number of aromatic nitrogens is 1. The van der Waals surface area contributed by atoms with Crippen molar-refractivity contribution in [2.45, 2.75) is 79.6 Å². The molecule has 1 rings (SSSR count). The van der Waals surface area contributed by atoms with Gasteiger partial charge in [0.1, 0.15) is 0 Å². The first-order valence-electron chi connectivity index (χ1n) is 11.9. The third-order valence-corrected chi connectivity index (χ3v) is 5.29. The largest absolute Gasteiger partial charge is 0.338 e. The van der Waals surface area contributed by atoms with Crippen LogP contribution in [0.1, 0.15) is 78.7 Å². The molecule has 176 valence electrons. The molecule has 0 aromatic carbocycles. The second-order valence-electron chi connectivity index (χ2n) is 8.80. The maximum absolute atomic E-state index is 11.9. The van der Waals surface area contributed by atoms with E-state index in [1.807, 2.05) is 18.3 Å². The molecule has 4 nitrogen and oxygen atoms in total. The third-order valence-electron chi connectivity index (χ3n) is 5.29. The van der Waals surface area contributed by atoms with E-state index in [-0.39, 0.29) is 6.03 Å². The van der Waals surface area contributed by atoms with Crippen LogP contribution in [0.15, 0.2) is 71.1 Å². The molecule has 0 saturated carbocycles. The molecule has 2 amide bonds. The van der Waals surface area contributed by atoms with Gasteiger partial charge in [-0.15, -0.1) is 0 Å². The second kappa shape index (κ2) is 17.0. The van der Waals surface area contributed by atoms with Gasteiger partial charge in [0.05, 0.1) is 0 Å². The number of hydrogen-bond acceptors (Lipinski definition) is 2. The summed E-state index contributed by atoms with van der Waals surface area (Å²) in [6.45, 7) is 12.1. The number of rotatable bonds is 14. The molecule has 0 fully saturated rings. The maximum atomic E-state index is 11.9. The van der Waals surface area contributed by atoms with Crippen LogP contribution in [0, 0.1) is 0 Å². The lowest BCUT2D eigenvalue weighted by Crippen LogP contribution is -2.36. The zero-order chi connectivity index (χ0) is 23.6. The molecule has 1 heterocycles. The van der Waals surface area contributed by atoms with Crippen LogP contribution in [0.25, 0.3) is 0 Å². The van der Waals surface area contributed by atoms with Gasteiger partial charge in [-0.05, 0) is 91.2 Å². The van der Waals surface area contributed by atoms with E-state index >= 15 is 0 Å². The lowest BCUT2D eigenvalue weighted by Gasteiger charge is -2.06. The Morgan fingerprint density at radius 2 is 1.44 bits per heavy atom. The lowest BCUT2D eigenvalue weighted by molar-refractivity contribution is 0.242. The Morgan fingerprint density at radius 3 is 2.00 bits per heavy atom. The molecule has 0 saturated heterocycles. The SMILES string of the molecule is CC(C)=CCCC(C)=CCCC(C)=CCCC(C)=CCNC(=O)NCCc1cccnc1. The molecule has 0 aliphatic carbocycles. The van der Waals surface area contributed by atoms with Crippen LogP contribution in [0.4, 0.5) is 4.79 Å². The molecule has 0 spiro atoms. The first kappa shape index (κ1) is 27.4. The Kier molecular flexibility index (Phi) is 14.6. The average Bonchev–Trinajstić information content (AvgIpc) is 2.74. The molecule has 32 heavy (non-hydrogen) atoms. The van der Waals surface area contributed by atoms with Crippen molar-refractivity contribution in [2.24, 2.45) is 0 Å². The van der Waals surface area contributed by atoms with E-state index in [1.54, 1.807) is 6.20 Å². The smallest absolute Gasteiger partial charge is 0.315 e. The molecule has 0 aliphatic heterocycles. The minimum absolute atomic E-state index is 0.127. The molecule has 1 aromatic rings. The van der Waals surface area contributed by atoms with Crippen molar-refractivity contribution >= 4 is 6.03 Å². The van der Waals surface area contributed by atoms with Crippen LogP contribution in [0.3, 0.4) is 0 Å². The van der Waals surface area contributed by atoms with Crippen molar-refractivity contribution in [3.8, 4) is 0 Å². The molecular weight excluding hydrogens is 394 g/mol. The highest BCUT2D eigenvalue weighted by Crippen LogP contribution is 2.13. The summed E-state index contributed by atoms with van der Waals surface area (Å²) in [6.07, 6.45) is 20.1. The number of nitrogens with one attached hydrogen (secondary N) is 2. The zero-order valence-corrected chi connectivity index (χ0v) is 20.8. The number of carbonyl (C=O) groups is 1. The summed E-state index contributed by atoms with van der Waals surface area (Å²) in [4.78, 5) is 15.9. The fraction of sp³-hybridized carbons (Fsp3) is 0.500. The van der Waals surface area contributed by atoms with Crippen molar-refractivity contribution in [3.05, 3.63) is 76.7 Å². The summed E-state index contributed by atoms with van der Waals surface area (Å²) in [6, 6.07) is 3.80. The Hall–Kier alpha value is -2.62.